The summed E-state index contributed by atoms with van der Waals surface area (Å²) >= 11 is 1.31. The first-order chi connectivity index (χ1) is 24.1. The smallest absolute Gasteiger partial charge is 0.335 e. The van der Waals surface area contributed by atoms with Crippen LogP contribution in [0.1, 0.15) is 44.3 Å². The molecule has 0 saturated heterocycles. The van der Waals surface area contributed by atoms with Crippen molar-refractivity contribution in [3.8, 4) is 5.75 Å². The maximum atomic E-state index is 13.5. The number of rotatable bonds is 13. The van der Waals surface area contributed by atoms with Gasteiger partial charge in [0.1, 0.15) is 18.1 Å². The molecule has 5 aromatic rings. The monoisotopic (exact) mass is 685 g/mol. The Balaban J connectivity index is 1.24. The van der Waals surface area contributed by atoms with Crippen LogP contribution in [0.3, 0.4) is 0 Å². The highest BCUT2D eigenvalue weighted by molar-refractivity contribution is 8.00. The minimum Gasteiger partial charge on any atom is -0.489 e. The first kappa shape index (κ1) is 35.2. The highest BCUT2D eigenvalue weighted by Crippen LogP contribution is 2.27. The van der Waals surface area contributed by atoms with Crippen LogP contribution >= 0.6 is 11.8 Å². The van der Waals surface area contributed by atoms with Gasteiger partial charge < -0.3 is 25.8 Å². The summed E-state index contributed by atoms with van der Waals surface area (Å²) < 4.78 is 5.88. The summed E-state index contributed by atoms with van der Waals surface area (Å²) in [4.78, 5) is 51.6. The Kier molecular flexibility index (Phi) is 11.8. The molecule has 50 heavy (non-hydrogen) atoms. The molecule has 0 saturated carbocycles. The quantitative estimate of drug-likeness (QED) is 0.0734. The summed E-state index contributed by atoms with van der Waals surface area (Å²) in [5, 5.41) is 17.2. The highest BCUT2D eigenvalue weighted by atomic mass is 32.2. The lowest BCUT2D eigenvalue weighted by Gasteiger charge is -2.15. The van der Waals surface area contributed by atoms with Crippen LogP contribution in [0.2, 0.25) is 0 Å². The van der Waals surface area contributed by atoms with Gasteiger partial charge in [0.15, 0.2) is 0 Å². The van der Waals surface area contributed by atoms with Crippen LogP contribution < -0.4 is 20.7 Å². The van der Waals surface area contributed by atoms with Crippen molar-refractivity contribution in [2.45, 2.75) is 30.6 Å². The van der Waals surface area contributed by atoms with Crippen LogP contribution in [0.15, 0.2) is 138 Å². The number of hydrogen-bond acceptors (Lipinski definition) is 6. The summed E-state index contributed by atoms with van der Waals surface area (Å²) in [5.41, 5.74) is 3.93. The lowest BCUT2D eigenvalue weighted by atomic mass is 10.1. The van der Waals surface area contributed by atoms with Crippen molar-refractivity contribution in [1.82, 2.24) is 5.32 Å². The van der Waals surface area contributed by atoms with Gasteiger partial charge in [-0.3, -0.25) is 14.4 Å². The van der Waals surface area contributed by atoms with Crippen molar-refractivity contribution < 1.29 is 29.0 Å². The molecular weight excluding hydrogens is 651 g/mol. The number of thioether (sulfide) groups is 1. The molecule has 252 valence electrons. The second kappa shape index (κ2) is 16.8. The molecule has 1 unspecified atom stereocenters. The molecule has 4 N–H and O–H groups in total. The average molecular weight is 686 g/mol. The number of anilines is 2. The first-order valence-electron chi connectivity index (χ1n) is 15.7. The van der Waals surface area contributed by atoms with Gasteiger partial charge in [-0.2, -0.15) is 0 Å². The van der Waals surface area contributed by atoms with Gasteiger partial charge in [-0.25, -0.2) is 4.79 Å². The molecule has 0 spiro atoms. The van der Waals surface area contributed by atoms with E-state index in [2.05, 4.69) is 16.0 Å². The Hall–Kier alpha value is -6.13. The number of hydrogen-bond donors (Lipinski definition) is 4. The van der Waals surface area contributed by atoms with Crippen molar-refractivity contribution in [2.24, 2.45) is 0 Å². The van der Waals surface area contributed by atoms with Crippen molar-refractivity contribution in [3.05, 3.63) is 161 Å². The zero-order valence-electron chi connectivity index (χ0n) is 27.4. The number of benzene rings is 5. The fraction of sp³-hybridized carbons (Fsp3) is 0.100. The molecule has 10 heteroatoms. The number of nitrogens with one attached hydrogen (secondary N) is 3. The molecule has 3 amide bonds. The largest absolute Gasteiger partial charge is 0.489 e. The van der Waals surface area contributed by atoms with Gasteiger partial charge in [0.2, 0.25) is 5.91 Å². The van der Waals surface area contributed by atoms with Crippen molar-refractivity contribution in [2.75, 3.05) is 10.6 Å². The number of aromatic carboxylic acids is 1. The van der Waals surface area contributed by atoms with Crippen molar-refractivity contribution in [3.63, 3.8) is 0 Å². The van der Waals surface area contributed by atoms with Gasteiger partial charge in [-0.1, -0.05) is 66.7 Å². The number of carbonyl (C=O) groups is 4. The van der Waals surface area contributed by atoms with Crippen molar-refractivity contribution >= 4 is 52.9 Å². The summed E-state index contributed by atoms with van der Waals surface area (Å²) in [7, 11) is 0. The lowest BCUT2D eigenvalue weighted by molar-refractivity contribution is -0.115. The van der Waals surface area contributed by atoms with Crippen LogP contribution in [0.4, 0.5) is 11.4 Å². The molecule has 0 radical (unpaired) electrons. The van der Waals surface area contributed by atoms with Gasteiger partial charge in [0.25, 0.3) is 11.8 Å². The van der Waals surface area contributed by atoms with E-state index in [1.54, 1.807) is 105 Å². The molecule has 9 nitrogen and oxygen atoms in total. The number of carboxylic acids is 1. The molecule has 5 rings (SSSR count). The molecule has 5 aromatic carbocycles. The summed E-state index contributed by atoms with van der Waals surface area (Å²) in [6.07, 6.45) is 1.59. The number of amides is 3. The molecule has 0 bridgehead atoms. The second-order valence-electron chi connectivity index (χ2n) is 11.3. The molecule has 0 aliphatic carbocycles. The molecule has 0 aromatic heterocycles. The fourth-order valence-electron chi connectivity index (χ4n) is 4.71. The van der Waals surface area contributed by atoms with Crippen LogP contribution in [-0.4, -0.2) is 34.0 Å². The second-order valence-corrected chi connectivity index (χ2v) is 12.7. The number of ether oxygens (including phenoxy) is 1. The fourth-order valence-corrected chi connectivity index (χ4v) is 5.57. The van der Waals surface area contributed by atoms with Gasteiger partial charge >= 0.3 is 5.97 Å². The predicted molar refractivity (Wildman–Crippen MR) is 196 cm³/mol. The Morgan fingerprint density at radius 1 is 0.780 bits per heavy atom. The van der Waals surface area contributed by atoms with E-state index in [1.165, 1.54) is 23.9 Å². The van der Waals surface area contributed by atoms with Gasteiger partial charge in [0, 0.05) is 21.8 Å². The van der Waals surface area contributed by atoms with Crippen LogP contribution in [0.25, 0.3) is 6.08 Å². The average Bonchev–Trinajstić information content (AvgIpc) is 3.13. The van der Waals surface area contributed by atoms with E-state index in [0.29, 0.717) is 34.9 Å². The summed E-state index contributed by atoms with van der Waals surface area (Å²) in [6, 6.07) is 37.2. The molecular formula is C40H35N3O6S. The Morgan fingerprint density at radius 2 is 1.44 bits per heavy atom. The molecule has 0 heterocycles. The zero-order valence-corrected chi connectivity index (χ0v) is 28.2. The highest BCUT2D eigenvalue weighted by Gasteiger charge is 2.18. The van der Waals surface area contributed by atoms with E-state index in [1.807, 2.05) is 30.3 Å². The standard InChI is InChI=1S/C40H35N3O6S/c1-26-13-16-31(40(47)48)24-35(26)42-37(44)27(2)50-34-21-17-32(18-22-34)41-39(46)36(43-38(45)30-11-7-4-8-12-30)23-28-14-19-33(20-15-28)49-25-29-9-5-3-6-10-29/h3-24,27H,25H2,1-2H3,(H,41,46)(H,42,44)(H,43,45)(H,47,48)/b36-23-. The molecule has 1 atom stereocenters. The van der Waals surface area contributed by atoms with E-state index in [0.717, 1.165) is 16.0 Å². The van der Waals surface area contributed by atoms with Crippen LogP contribution in [-0.2, 0) is 16.2 Å². The number of carboxylic acid groups (broad SMARTS) is 1. The topological polar surface area (TPSA) is 134 Å². The third-order valence-corrected chi connectivity index (χ3v) is 8.62. The minimum atomic E-state index is -1.07. The van der Waals surface area contributed by atoms with Crippen LogP contribution in [0, 0.1) is 6.92 Å². The summed E-state index contributed by atoms with van der Waals surface area (Å²) in [6.45, 7) is 3.96. The van der Waals surface area contributed by atoms with E-state index >= 15 is 0 Å². The van der Waals surface area contributed by atoms with Gasteiger partial charge in [-0.05, 0) is 97.3 Å². The number of aryl methyl sites for hydroxylation is 1. The predicted octanol–water partition coefficient (Wildman–Crippen LogP) is 7.80. The number of carbonyl (C=O) groups excluding carboxylic acids is 3. The van der Waals surface area contributed by atoms with Gasteiger partial charge in [0.05, 0.1) is 10.8 Å². The molecule has 0 aliphatic heterocycles. The Bertz CT molecular complexity index is 2000. The van der Waals surface area contributed by atoms with E-state index in [4.69, 9.17) is 4.74 Å². The lowest BCUT2D eigenvalue weighted by Crippen LogP contribution is -2.30. The van der Waals surface area contributed by atoms with Gasteiger partial charge in [-0.15, -0.1) is 11.8 Å². The third kappa shape index (κ3) is 9.94. The Labute approximate surface area is 294 Å². The zero-order chi connectivity index (χ0) is 35.5. The maximum absolute atomic E-state index is 13.5. The molecule has 0 aliphatic rings. The molecule has 0 fully saturated rings. The normalized spacial score (nSPS) is 11.6. The van der Waals surface area contributed by atoms with E-state index in [-0.39, 0.29) is 17.2 Å². The maximum Gasteiger partial charge on any atom is 0.335 e. The van der Waals surface area contributed by atoms with Crippen LogP contribution in [0.5, 0.6) is 5.75 Å². The minimum absolute atomic E-state index is 0.0443. The van der Waals surface area contributed by atoms with Crippen molar-refractivity contribution in [1.29, 1.82) is 0 Å². The Morgan fingerprint density at radius 3 is 2.10 bits per heavy atom. The SMILES string of the molecule is Cc1ccc(C(=O)O)cc1NC(=O)C(C)Sc1ccc(NC(=O)/C(=C/c2ccc(OCc3ccccc3)cc2)NC(=O)c2ccccc2)cc1. The first-order valence-corrected chi connectivity index (χ1v) is 16.6. The van der Waals surface area contributed by atoms with E-state index in [9.17, 15) is 24.3 Å². The summed E-state index contributed by atoms with van der Waals surface area (Å²) in [5.74, 6) is -1.64. The van der Waals surface area contributed by atoms with E-state index < -0.39 is 23.0 Å². The third-order valence-electron chi connectivity index (χ3n) is 7.50.